The molecule has 0 bridgehead atoms. The molecule has 0 radical (unpaired) electrons. The van der Waals surface area contributed by atoms with Gasteiger partial charge in [0.2, 0.25) is 0 Å². The van der Waals surface area contributed by atoms with Gasteiger partial charge < -0.3 is 14.6 Å². The normalized spacial score (nSPS) is 10.4. The summed E-state index contributed by atoms with van der Waals surface area (Å²) in [4.78, 5) is 0. The largest absolute Gasteiger partial charge is 0.492 e. The summed E-state index contributed by atoms with van der Waals surface area (Å²) < 4.78 is 10.8. The third-order valence-electron chi connectivity index (χ3n) is 2.40. The number of ether oxygens (including phenoxy) is 2. The highest BCUT2D eigenvalue weighted by atomic mass is 16.5. The molecule has 0 aromatic heterocycles. The molecule has 0 amide bonds. The van der Waals surface area contributed by atoms with Crippen molar-refractivity contribution in [2.75, 3.05) is 20.3 Å². The summed E-state index contributed by atoms with van der Waals surface area (Å²) in [5, 5.41) is 10.9. The number of methoxy groups -OCH3 is 1. The van der Waals surface area contributed by atoms with Crippen LogP contribution in [0.1, 0.15) is 0 Å². The molecule has 2 aromatic rings. The van der Waals surface area contributed by atoms with Crippen LogP contribution in [0.25, 0.3) is 10.8 Å². The van der Waals surface area contributed by atoms with Gasteiger partial charge in [-0.05, 0) is 11.5 Å². The van der Waals surface area contributed by atoms with Gasteiger partial charge in [-0.25, -0.2) is 0 Å². The Balaban J connectivity index is 2.50. The Morgan fingerprint density at radius 1 is 1.12 bits per heavy atom. The molecule has 0 heterocycles. The molecule has 2 aromatic carbocycles. The fraction of sp³-hybridized carbons (Fsp3) is 0.231. The van der Waals surface area contributed by atoms with E-state index in [1.807, 2.05) is 36.4 Å². The first kappa shape index (κ1) is 10.8. The Morgan fingerprint density at radius 3 is 2.69 bits per heavy atom. The standard InChI is InChI=1S/C13H14O3/c1-15-13-11-5-3-2-4-10(11)6-7-12(13)16-9-8-14/h2-7,14H,8-9H2,1H3. The van der Waals surface area contributed by atoms with Crippen LogP contribution in [-0.4, -0.2) is 25.4 Å². The molecule has 84 valence electrons. The quantitative estimate of drug-likeness (QED) is 0.855. The molecule has 0 saturated carbocycles. The number of hydrogen-bond acceptors (Lipinski definition) is 3. The first-order chi connectivity index (χ1) is 7.86. The molecule has 2 rings (SSSR count). The van der Waals surface area contributed by atoms with Crippen molar-refractivity contribution in [1.29, 1.82) is 0 Å². The highest BCUT2D eigenvalue weighted by Gasteiger charge is 2.08. The summed E-state index contributed by atoms with van der Waals surface area (Å²) in [6, 6.07) is 11.8. The topological polar surface area (TPSA) is 38.7 Å². The summed E-state index contributed by atoms with van der Waals surface area (Å²) in [5.74, 6) is 1.38. The van der Waals surface area contributed by atoms with Crippen LogP contribution in [-0.2, 0) is 0 Å². The molecule has 0 spiro atoms. The molecule has 0 aliphatic carbocycles. The first-order valence-electron chi connectivity index (χ1n) is 5.16. The van der Waals surface area contributed by atoms with Crippen molar-refractivity contribution in [2.24, 2.45) is 0 Å². The monoisotopic (exact) mass is 218 g/mol. The highest BCUT2D eigenvalue weighted by molar-refractivity contribution is 5.90. The molecule has 16 heavy (non-hydrogen) atoms. The van der Waals surface area contributed by atoms with Gasteiger partial charge in [0.1, 0.15) is 6.61 Å². The smallest absolute Gasteiger partial charge is 0.168 e. The number of hydrogen-bond donors (Lipinski definition) is 1. The van der Waals surface area contributed by atoms with Crippen LogP contribution in [0.3, 0.4) is 0 Å². The minimum Gasteiger partial charge on any atom is -0.492 e. The molecular formula is C13H14O3. The number of aliphatic hydroxyl groups excluding tert-OH is 1. The molecular weight excluding hydrogens is 204 g/mol. The van der Waals surface area contributed by atoms with Gasteiger partial charge in [0, 0.05) is 5.39 Å². The van der Waals surface area contributed by atoms with Crippen molar-refractivity contribution < 1.29 is 14.6 Å². The van der Waals surface area contributed by atoms with Crippen LogP contribution in [0.5, 0.6) is 11.5 Å². The number of rotatable bonds is 4. The van der Waals surface area contributed by atoms with E-state index >= 15 is 0 Å². The zero-order valence-electron chi connectivity index (χ0n) is 9.14. The second-order valence-corrected chi connectivity index (χ2v) is 3.39. The SMILES string of the molecule is COc1c(OCCO)ccc2ccccc12. The molecule has 0 aliphatic rings. The lowest BCUT2D eigenvalue weighted by atomic mass is 10.1. The average molecular weight is 218 g/mol. The molecule has 0 saturated heterocycles. The van der Waals surface area contributed by atoms with Crippen LogP contribution in [0.4, 0.5) is 0 Å². The Kier molecular flexibility index (Phi) is 3.27. The molecule has 0 fully saturated rings. The van der Waals surface area contributed by atoms with Gasteiger partial charge in [-0.1, -0.05) is 30.3 Å². The van der Waals surface area contributed by atoms with E-state index in [4.69, 9.17) is 14.6 Å². The maximum atomic E-state index is 8.74. The van der Waals surface area contributed by atoms with Crippen LogP contribution < -0.4 is 9.47 Å². The van der Waals surface area contributed by atoms with Crippen molar-refractivity contribution in [2.45, 2.75) is 0 Å². The fourth-order valence-corrected chi connectivity index (χ4v) is 1.70. The van der Waals surface area contributed by atoms with Gasteiger partial charge in [0.25, 0.3) is 0 Å². The molecule has 0 aliphatic heterocycles. The Bertz CT molecular complexity index is 480. The summed E-state index contributed by atoms with van der Waals surface area (Å²) >= 11 is 0. The van der Waals surface area contributed by atoms with E-state index in [9.17, 15) is 0 Å². The fourth-order valence-electron chi connectivity index (χ4n) is 1.70. The molecule has 3 nitrogen and oxygen atoms in total. The maximum absolute atomic E-state index is 8.74. The zero-order chi connectivity index (χ0) is 11.4. The Labute approximate surface area is 94.2 Å². The van der Waals surface area contributed by atoms with Crippen LogP contribution in [0.2, 0.25) is 0 Å². The third kappa shape index (κ3) is 1.95. The van der Waals surface area contributed by atoms with E-state index in [2.05, 4.69) is 0 Å². The lowest BCUT2D eigenvalue weighted by molar-refractivity contribution is 0.197. The second kappa shape index (κ2) is 4.86. The molecule has 3 heteroatoms. The molecule has 0 unspecified atom stereocenters. The van der Waals surface area contributed by atoms with E-state index in [-0.39, 0.29) is 13.2 Å². The van der Waals surface area contributed by atoms with Gasteiger partial charge >= 0.3 is 0 Å². The number of benzene rings is 2. The van der Waals surface area contributed by atoms with Gasteiger partial charge in [0.05, 0.1) is 13.7 Å². The van der Waals surface area contributed by atoms with Gasteiger partial charge in [-0.2, -0.15) is 0 Å². The Morgan fingerprint density at radius 2 is 1.94 bits per heavy atom. The van der Waals surface area contributed by atoms with E-state index in [1.54, 1.807) is 7.11 Å². The van der Waals surface area contributed by atoms with Gasteiger partial charge in [-0.3, -0.25) is 0 Å². The third-order valence-corrected chi connectivity index (χ3v) is 2.40. The van der Waals surface area contributed by atoms with Crippen molar-refractivity contribution in [3.63, 3.8) is 0 Å². The highest BCUT2D eigenvalue weighted by Crippen LogP contribution is 2.35. The van der Waals surface area contributed by atoms with Crippen LogP contribution in [0.15, 0.2) is 36.4 Å². The second-order valence-electron chi connectivity index (χ2n) is 3.39. The summed E-state index contributed by atoms with van der Waals surface area (Å²) in [6.07, 6.45) is 0. The minimum atomic E-state index is -0.00399. The van der Waals surface area contributed by atoms with E-state index < -0.39 is 0 Å². The van der Waals surface area contributed by atoms with Gasteiger partial charge in [0.15, 0.2) is 11.5 Å². The van der Waals surface area contributed by atoms with Crippen molar-refractivity contribution >= 4 is 10.8 Å². The van der Waals surface area contributed by atoms with Crippen LogP contribution >= 0.6 is 0 Å². The molecule has 1 N–H and O–H groups in total. The molecule has 0 atom stereocenters. The van der Waals surface area contributed by atoms with E-state index in [1.165, 1.54) is 0 Å². The summed E-state index contributed by atoms with van der Waals surface area (Å²) in [7, 11) is 1.62. The lowest BCUT2D eigenvalue weighted by Gasteiger charge is -2.12. The number of fused-ring (bicyclic) bond motifs is 1. The van der Waals surface area contributed by atoms with Crippen molar-refractivity contribution in [3.8, 4) is 11.5 Å². The Hall–Kier alpha value is -1.74. The van der Waals surface area contributed by atoms with Gasteiger partial charge in [-0.15, -0.1) is 0 Å². The number of aliphatic hydroxyl groups is 1. The van der Waals surface area contributed by atoms with Crippen LogP contribution in [0, 0.1) is 0 Å². The predicted octanol–water partition coefficient (Wildman–Crippen LogP) is 2.22. The summed E-state index contributed by atoms with van der Waals surface area (Å²) in [6.45, 7) is 0.269. The zero-order valence-corrected chi connectivity index (χ0v) is 9.14. The maximum Gasteiger partial charge on any atom is 0.168 e. The average Bonchev–Trinajstić information content (AvgIpc) is 2.35. The van der Waals surface area contributed by atoms with Crippen molar-refractivity contribution in [1.82, 2.24) is 0 Å². The first-order valence-corrected chi connectivity index (χ1v) is 5.16. The predicted molar refractivity (Wildman–Crippen MR) is 63.1 cm³/mol. The lowest BCUT2D eigenvalue weighted by Crippen LogP contribution is -2.03. The van der Waals surface area contributed by atoms with Crippen molar-refractivity contribution in [3.05, 3.63) is 36.4 Å². The van der Waals surface area contributed by atoms with E-state index in [0.717, 1.165) is 10.8 Å². The van der Waals surface area contributed by atoms with E-state index in [0.29, 0.717) is 11.5 Å². The summed E-state index contributed by atoms with van der Waals surface area (Å²) in [5.41, 5.74) is 0. The minimum absolute atomic E-state index is 0.00399.